The quantitative estimate of drug-likeness (QED) is 0.803. The van der Waals surface area contributed by atoms with E-state index in [1.54, 1.807) is 6.26 Å². The Morgan fingerprint density at radius 1 is 1.47 bits per heavy atom. The molecule has 0 saturated heterocycles. The van der Waals surface area contributed by atoms with Crippen LogP contribution in [0.4, 0.5) is 0 Å². The molecule has 2 unspecified atom stereocenters. The second kappa shape index (κ2) is 4.01. The SMILES string of the molecule is CC(Cc1ccco1)NC(C)C1(C)CC1. The van der Waals surface area contributed by atoms with Gasteiger partial charge in [-0.25, -0.2) is 0 Å². The van der Waals surface area contributed by atoms with Gasteiger partial charge in [-0.2, -0.15) is 0 Å². The van der Waals surface area contributed by atoms with E-state index in [1.165, 1.54) is 12.8 Å². The van der Waals surface area contributed by atoms with Gasteiger partial charge in [0.15, 0.2) is 0 Å². The fourth-order valence-electron chi connectivity index (χ4n) is 2.05. The Morgan fingerprint density at radius 3 is 2.73 bits per heavy atom. The number of hydrogen-bond acceptors (Lipinski definition) is 2. The van der Waals surface area contributed by atoms with Crippen LogP contribution >= 0.6 is 0 Å². The molecule has 1 N–H and O–H groups in total. The topological polar surface area (TPSA) is 25.2 Å². The number of hydrogen-bond donors (Lipinski definition) is 1. The normalized spacial score (nSPS) is 22.3. The van der Waals surface area contributed by atoms with Crippen molar-refractivity contribution in [3.8, 4) is 0 Å². The van der Waals surface area contributed by atoms with Crippen LogP contribution in [0.15, 0.2) is 22.8 Å². The Morgan fingerprint density at radius 2 is 2.20 bits per heavy atom. The summed E-state index contributed by atoms with van der Waals surface area (Å²) in [6, 6.07) is 5.10. The van der Waals surface area contributed by atoms with E-state index in [-0.39, 0.29) is 0 Å². The summed E-state index contributed by atoms with van der Waals surface area (Å²) in [5, 5.41) is 3.66. The largest absolute Gasteiger partial charge is 0.469 e. The van der Waals surface area contributed by atoms with Crippen molar-refractivity contribution < 1.29 is 4.42 Å². The van der Waals surface area contributed by atoms with Crippen molar-refractivity contribution in [3.63, 3.8) is 0 Å². The van der Waals surface area contributed by atoms with Gasteiger partial charge in [-0.05, 0) is 44.2 Å². The van der Waals surface area contributed by atoms with E-state index in [2.05, 4.69) is 26.1 Å². The van der Waals surface area contributed by atoms with E-state index in [0.717, 1.165) is 12.2 Å². The Balaban J connectivity index is 1.79. The van der Waals surface area contributed by atoms with Crippen LogP contribution in [-0.2, 0) is 6.42 Å². The van der Waals surface area contributed by atoms with Gasteiger partial charge in [-0.3, -0.25) is 0 Å². The van der Waals surface area contributed by atoms with Gasteiger partial charge in [-0.1, -0.05) is 6.92 Å². The summed E-state index contributed by atoms with van der Waals surface area (Å²) in [5.41, 5.74) is 0.553. The molecule has 1 aromatic heterocycles. The van der Waals surface area contributed by atoms with E-state index < -0.39 is 0 Å². The predicted octanol–water partition coefficient (Wildman–Crippen LogP) is 2.99. The Hall–Kier alpha value is -0.760. The molecule has 0 aliphatic heterocycles. The Labute approximate surface area is 92.1 Å². The molecule has 0 aromatic carbocycles. The maximum absolute atomic E-state index is 5.35. The van der Waals surface area contributed by atoms with Crippen LogP contribution in [0.25, 0.3) is 0 Å². The summed E-state index contributed by atoms with van der Waals surface area (Å²) < 4.78 is 5.35. The maximum atomic E-state index is 5.35. The molecule has 0 bridgehead atoms. The molecule has 0 amide bonds. The van der Waals surface area contributed by atoms with Gasteiger partial charge < -0.3 is 9.73 Å². The van der Waals surface area contributed by atoms with Crippen LogP contribution in [0.2, 0.25) is 0 Å². The highest BCUT2D eigenvalue weighted by atomic mass is 16.3. The first kappa shape index (κ1) is 10.7. The minimum absolute atomic E-state index is 0.489. The van der Waals surface area contributed by atoms with Crippen molar-refractivity contribution in [1.82, 2.24) is 5.32 Å². The molecule has 15 heavy (non-hydrogen) atoms. The molecule has 2 nitrogen and oxygen atoms in total. The minimum Gasteiger partial charge on any atom is -0.469 e. The van der Waals surface area contributed by atoms with Crippen LogP contribution in [0.3, 0.4) is 0 Å². The lowest BCUT2D eigenvalue weighted by Gasteiger charge is -2.24. The van der Waals surface area contributed by atoms with Crippen LogP contribution in [-0.4, -0.2) is 12.1 Å². The third-order valence-corrected chi connectivity index (χ3v) is 3.71. The summed E-state index contributed by atoms with van der Waals surface area (Å²) in [5.74, 6) is 1.07. The standard InChI is InChI=1S/C13H21NO/c1-10(9-12-5-4-8-15-12)14-11(2)13(3)6-7-13/h4-5,8,10-11,14H,6-7,9H2,1-3H3. The maximum Gasteiger partial charge on any atom is 0.105 e. The molecule has 1 saturated carbocycles. The van der Waals surface area contributed by atoms with Gasteiger partial charge in [0.25, 0.3) is 0 Å². The third-order valence-electron chi connectivity index (χ3n) is 3.71. The first-order valence-corrected chi connectivity index (χ1v) is 5.88. The molecule has 2 rings (SSSR count). The molecule has 1 fully saturated rings. The Bertz CT molecular complexity index is 300. The summed E-state index contributed by atoms with van der Waals surface area (Å²) in [6.45, 7) is 6.89. The van der Waals surface area contributed by atoms with Gasteiger partial charge >= 0.3 is 0 Å². The summed E-state index contributed by atoms with van der Waals surface area (Å²) in [6.07, 6.45) is 5.46. The van der Waals surface area contributed by atoms with E-state index in [9.17, 15) is 0 Å². The van der Waals surface area contributed by atoms with Crippen molar-refractivity contribution in [1.29, 1.82) is 0 Å². The molecule has 1 aliphatic carbocycles. The van der Waals surface area contributed by atoms with Crippen LogP contribution in [0, 0.1) is 5.41 Å². The van der Waals surface area contributed by atoms with Crippen molar-refractivity contribution >= 4 is 0 Å². The van der Waals surface area contributed by atoms with E-state index >= 15 is 0 Å². The highest BCUT2D eigenvalue weighted by Crippen LogP contribution is 2.48. The van der Waals surface area contributed by atoms with Gasteiger partial charge in [0, 0.05) is 18.5 Å². The molecule has 1 aromatic rings. The highest BCUT2D eigenvalue weighted by Gasteiger charge is 2.42. The lowest BCUT2D eigenvalue weighted by molar-refractivity contribution is 0.336. The molecule has 84 valence electrons. The van der Waals surface area contributed by atoms with Gasteiger partial charge in [0.1, 0.15) is 5.76 Å². The molecule has 2 atom stereocenters. The fraction of sp³-hybridized carbons (Fsp3) is 0.692. The zero-order valence-corrected chi connectivity index (χ0v) is 9.92. The van der Waals surface area contributed by atoms with E-state index in [1.807, 2.05) is 12.1 Å². The second-order valence-corrected chi connectivity index (χ2v) is 5.23. The number of rotatable bonds is 5. The number of furan rings is 1. The second-order valence-electron chi connectivity index (χ2n) is 5.23. The minimum atomic E-state index is 0.489. The lowest BCUT2D eigenvalue weighted by Crippen LogP contribution is -2.40. The van der Waals surface area contributed by atoms with Gasteiger partial charge in [-0.15, -0.1) is 0 Å². The Kier molecular flexibility index (Phi) is 2.87. The van der Waals surface area contributed by atoms with Gasteiger partial charge in [0.2, 0.25) is 0 Å². The summed E-state index contributed by atoms with van der Waals surface area (Å²) in [7, 11) is 0. The molecular formula is C13H21NO. The molecule has 1 heterocycles. The molecule has 0 spiro atoms. The molecule has 1 aliphatic rings. The van der Waals surface area contributed by atoms with E-state index in [4.69, 9.17) is 4.42 Å². The smallest absolute Gasteiger partial charge is 0.105 e. The van der Waals surface area contributed by atoms with Crippen molar-refractivity contribution in [3.05, 3.63) is 24.2 Å². The van der Waals surface area contributed by atoms with Crippen LogP contribution in [0.5, 0.6) is 0 Å². The zero-order valence-electron chi connectivity index (χ0n) is 9.92. The molecule has 0 radical (unpaired) electrons. The third kappa shape index (κ3) is 2.63. The molecular weight excluding hydrogens is 186 g/mol. The summed E-state index contributed by atoms with van der Waals surface area (Å²) >= 11 is 0. The first-order chi connectivity index (χ1) is 7.10. The average Bonchev–Trinajstić information content (AvgIpc) is 2.74. The number of nitrogens with one attached hydrogen (secondary N) is 1. The monoisotopic (exact) mass is 207 g/mol. The highest BCUT2D eigenvalue weighted by molar-refractivity contribution is 5.02. The van der Waals surface area contributed by atoms with Gasteiger partial charge in [0.05, 0.1) is 6.26 Å². The van der Waals surface area contributed by atoms with Crippen LogP contribution < -0.4 is 5.32 Å². The van der Waals surface area contributed by atoms with Crippen molar-refractivity contribution in [2.75, 3.05) is 0 Å². The predicted molar refractivity (Wildman–Crippen MR) is 61.8 cm³/mol. The summed E-state index contributed by atoms with van der Waals surface area (Å²) in [4.78, 5) is 0. The van der Waals surface area contributed by atoms with E-state index in [0.29, 0.717) is 17.5 Å². The molecule has 2 heteroatoms. The average molecular weight is 207 g/mol. The zero-order chi connectivity index (χ0) is 10.9. The van der Waals surface area contributed by atoms with Crippen LogP contribution in [0.1, 0.15) is 39.4 Å². The first-order valence-electron chi connectivity index (χ1n) is 5.88. The van der Waals surface area contributed by atoms with Crippen molar-refractivity contribution in [2.45, 2.75) is 52.1 Å². The van der Waals surface area contributed by atoms with Crippen molar-refractivity contribution in [2.24, 2.45) is 5.41 Å². The lowest BCUT2D eigenvalue weighted by atomic mass is 9.99. The fourth-order valence-corrected chi connectivity index (χ4v) is 2.05.